The first kappa shape index (κ1) is 21.7. The van der Waals surface area contributed by atoms with Gasteiger partial charge in [-0.1, -0.05) is 32.0 Å². The van der Waals surface area contributed by atoms with E-state index in [1.807, 2.05) is 66.7 Å². The topological polar surface area (TPSA) is 25.8 Å². The molecule has 0 atom stereocenters. The summed E-state index contributed by atoms with van der Waals surface area (Å²) < 4.78 is 0. The molecule has 3 heteroatoms. The van der Waals surface area contributed by atoms with Crippen molar-refractivity contribution in [3.63, 3.8) is 0 Å². The summed E-state index contributed by atoms with van der Waals surface area (Å²) in [6.07, 6.45) is 3.50. The number of rotatable bonds is 3. The average Bonchev–Trinajstić information content (AvgIpc) is 2.77. The normalized spacial score (nSPS) is 10.2. The monoisotopic (exact) mass is 545 g/mol. The number of hydrogen-bond acceptors (Lipinski definition) is 2. The first-order chi connectivity index (χ1) is 13.2. The molecule has 0 N–H and O–H groups in total. The van der Waals surface area contributed by atoms with Crippen LogP contribution in [0.15, 0.2) is 97.3 Å². The van der Waals surface area contributed by atoms with E-state index in [1.165, 1.54) is 0 Å². The van der Waals surface area contributed by atoms with E-state index in [2.05, 4.69) is 49.2 Å². The van der Waals surface area contributed by atoms with Gasteiger partial charge < -0.3 is 4.98 Å². The number of pyridine rings is 2. The van der Waals surface area contributed by atoms with E-state index in [1.54, 1.807) is 12.4 Å². The predicted molar refractivity (Wildman–Crippen MR) is 110 cm³/mol. The molecular weight excluding hydrogens is 523 g/mol. The summed E-state index contributed by atoms with van der Waals surface area (Å²) in [6.45, 7) is 4.36. The van der Waals surface area contributed by atoms with Crippen LogP contribution < -0.4 is 0 Å². The Labute approximate surface area is 182 Å². The molecule has 2 aromatic heterocycles. The van der Waals surface area contributed by atoms with Crippen molar-refractivity contribution in [3.05, 3.63) is 121 Å². The molecular formula is C25H22N2Pt. The van der Waals surface area contributed by atoms with Crippen LogP contribution in [0, 0.1) is 12.1 Å². The maximum absolute atomic E-state index is 4.84. The molecule has 0 saturated heterocycles. The summed E-state index contributed by atoms with van der Waals surface area (Å²) in [4.78, 5) is 8.62. The molecule has 0 aliphatic rings. The Morgan fingerprint density at radius 3 is 1.96 bits per heavy atom. The Morgan fingerprint density at radius 1 is 0.714 bits per heavy atom. The van der Waals surface area contributed by atoms with Crippen LogP contribution in [-0.4, -0.2) is 9.97 Å². The third-order valence-corrected chi connectivity index (χ3v) is 4.32. The van der Waals surface area contributed by atoms with E-state index in [0.717, 1.165) is 22.5 Å². The molecule has 0 saturated carbocycles. The van der Waals surface area contributed by atoms with Gasteiger partial charge in [-0.2, -0.15) is 35.9 Å². The van der Waals surface area contributed by atoms with E-state index in [4.69, 9.17) is 4.98 Å². The van der Waals surface area contributed by atoms with Gasteiger partial charge >= 0.3 is 21.1 Å². The predicted octanol–water partition coefficient (Wildman–Crippen LogP) is 5.75. The molecule has 4 aromatic rings. The molecule has 28 heavy (non-hydrogen) atoms. The summed E-state index contributed by atoms with van der Waals surface area (Å²) in [7, 11) is 0. The Hall–Kier alpha value is -2.57. The fourth-order valence-electron chi connectivity index (χ4n) is 2.72. The quantitative estimate of drug-likeness (QED) is 0.307. The van der Waals surface area contributed by atoms with Gasteiger partial charge in [0.15, 0.2) is 0 Å². The third kappa shape index (κ3) is 5.71. The molecule has 2 aromatic carbocycles. The van der Waals surface area contributed by atoms with Crippen LogP contribution in [0.2, 0.25) is 0 Å². The first-order valence-electron chi connectivity index (χ1n) is 8.95. The molecule has 0 radical (unpaired) electrons. The second-order valence-electron chi connectivity index (χ2n) is 6.61. The van der Waals surface area contributed by atoms with Crippen molar-refractivity contribution in [2.45, 2.75) is 19.3 Å². The molecule has 0 unspecified atom stereocenters. The molecule has 2 heterocycles. The molecule has 0 bridgehead atoms. The Bertz CT molecular complexity index is 913. The van der Waals surface area contributed by atoms with Crippen molar-refractivity contribution in [3.8, 4) is 11.3 Å². The van der Waals surface area contributed by atoms with E-state index >= 15 is 0 Å². The zero-order valence-corrected chi connectivity index (χ0v) is 18.2. The van der Waals surface area contributed by atoms with Gasteiger partial charge in [0.1, 0.15) is 0 Å². The van der Waals surface area contributed by atoms with E-state index < -0.39 is 0 Å². The van der Waals surface area contributed by atoms with Crippen molar-refractivity contribution >= 4 is 0 Å². The fraction of sp³-hybridized carbons (Fsp3) is 0.120. The Kier molecular flexibility index (Phi) is 8.29. The van der Waals surface area contributed by atoms with Crippen LogP contribution in [0.5, 0.6) is 0 Å². The minimum atomic E-state index is -0.175. The van der Waals surface area contributed by atoms with Gasteiger partial charge in [0, 0.05) is 23.5 Å². The molecule has 4 rings (SSSR count). The Balaban J connectivity index is 0.000000344. The van der Waals surface area contributed by atoms with Crippen molar-refractivity contribution in [2.75, 3.05) is 0 Å². The molecule has 2 nitrogen and oxygen atoms in total. The van der Waals surface area contributed by atoms with Crippen LogP contribution in [0.3, 0.4) is 0 Å². The summed E-state index contributed by atoms with van der Waals surface area (Å²) in [5, 5.41) is 0. The smallest absolute Gasteiger partial charge is 0.300 e. The zero-order chi connectivity index (χ0) is 19.0. The number of hydrogen-bond donors (Lipinski definition) is 0. The van der Waals surface area contributed by atoms with Gasteiger partial charge in [-0.15, -0.1) is 35.9 Å². The second kappa shape index (κ2) is 10.7. The maximum Gasteiger partial charge on any atom is 2.00 e. The van der Waals surface area contributed by atoms with E-state index in [9.17, 15) is 0 Å². The molecule has 0 amide bonds. The third-order valence-electron chi connectivity index (χ3n) is 4.32. The van der Waals surface area contributed by atoms with Gasteiger partial charge in [0.2, 0.25) is 0 Å². The van der Waals surface area contributed by atoms with Crippen molar-refractivity contribution in [1.82, 2.24) is 9.97 Å². The second-order valence-corrected chi connectivity index (χ2v) is 6.61. The summed E-state index contributed by atoms with van der Waals surface area (Å²) >= 11 is 0. The van der Waals surface area contributed by atoms with Crippen molar-refractivity contribution in [1.29, 1.82) is 0 Å². The maximum atomic E-state index is 4.84. The Morgan fingerprint density at radius 2 is 1.43 bits per heavy atom. The fourth-order valence-corrected chi connectivity index (χ4v) is 2.72. The summed E-state index contributed by atoms with van der Waals surface area (Å²) in [6, 6.07) is 34.4. The van der Waals surface area contributed by atoms with Crippen molar-refractivity contribution in [2.24, 2.45) is 0 Å². The SMILES string of the molecule is CC(C)(c1[c-]cccc1)c1cccc(-c2[c-]cccc2)n1.[Pt+2].c1ccncc1. The molecule has 142 valence electrons. The summed E-state index contributed by atoms with van der Waals surface area (Å²) in [5.41, 5.74) is 3.99. The van der Waals surface area contributed by atoms with Gasteiger partial charge in [-0.25, -0.2) is 0 Å². The van der Waals surface area contributed by atoms with E-state index in [-0.39, 0.29) is 26.5 Å². The van der Waals surface area contributed by atoms with E-state index in [0.29, 0.717) is 0 Å². The van der Waals surface area contributed by atoms with Crippen molar-refractivity contribution < 1.29 is 21.1 Å². The number of nitrogens with zero attached hydrogens (tertiary/aromatic N) is 2. The van der Waals surface area contributed by atoms with Crippen LogP contribution in [0.4, 0.5) is 0 Å². The van der Waals surface area contributed by atoms with Crippen LogP contribution in [0.1, 0.15) is 25.1 Å². The molecule has 0 aliphatic carbocycles. The minimum Gasteiger partial charge on any atom is -0.300 e. The molecule has 0 spiro atoms. The van der Waals surface area contributed by atoms with Crippen LogP contribution in [0.25, 0.3) is 11.3 Å². The van der Waals surface area contributed by atoms with Gasteiger partial charge in [-0.3, -0.25) is 4.98 Å². The number of benzene rings is 2. The first-order valence-corrected chi connectivity index (χ1v) is 8.95. The number of aromatic nitrogens is 2. The largest absolute Gasteiger partial charge is 2.00 e. The van der Waals surface area contributed by atoms with Crippen LogP contribution in [-0.2, 0) is 26.5 Å². The average molecular weight is 546 g/mol. The van der Waals surface area contributed by atoms with Gasteiger partial charge in [0.25, 0.3) is 0 Å². The van der Waals surface area contributed by atoms with Crippen LogP contribution >= 0.6 is 0 Å². The van der Waals surface area contributed by atoms with Gasteiger partial charge in [0.05, 0.1) is 0 Å². The summed E-state index contributed by atoms with van der Waals surface area (Å²) in [5.74, 6) is 0. The standard InChI is InChI=1S/C20H17N.C5H5N.Pt/c1-20(2,17-12-7-4-8-13-17)19-15-9-14-18(21-19)16-10-5-3-6-11-16;1-2-4-6-5-3-1;/h3-10,12,14-15H,1-2H3;1-5H;/q-2;;+2. The minimum absolute atomic E-state index is 0. The van der Waals surface area contributed by atoms with Gasteiger partial charge in [-0.05, 0) is 23.9 Å². The zero-order valence-electron chi connectivity index (χ0n) is 15.9. The molecule has 0 fully saturated rings. The molecule has 0 aliphatic heterocycles.